The largest absolute Gasteiger partial charge is 0.493 e. The summed E-state index contributed by atoms with van der Waals surface area (Å²) in [6.07, 6.45) is 0.711. The molecule has 0 spiro atoms. The molecule has 0 unspecified atom stereocenters. The van der Waals surface area contributed by atoms with Crippen molar-refractivity contribution in [1.82, 2.24) is 0 Å². The summed E-state index contributed by atoms with van der Waals surface area (Å²) in [5.74, 6) is 0.489. The predicted octanol–water partition coefficient (Wildman–Crippen LogP) is 4.19. The van der Waals surface area contributed by atoms with E-state index in [1.165, 1.54) is 13.2 Å². The molecular weight excluding hydrogens is 342 g/mol. The molecule has 3 aromatic rings. The van der Waals surface area contributed by atoms with Crippen molar-refractivity contribution in [3.8, 4) is 22.6 Å². The molecular formula is C22H19NO4. The second-order valence-electron chi connectivity index (χ2n) is 5.78. The first-order valence-corrected chi connectivity index (χ1v) is 8.41. The van der Waals surface area contributed by atoms with Crippen LogP contribution in [0, 0.1) is 0 Å². The first-order valence-electron chi connectivity index (χ1n) is 8.41. The fourth-order valence-corrected chi connectivity index (χ4v) is 2.67. The minimum absolute atomic E-state index is 0.207. The number of carbonyl (C=O) groups excluding carboxylic acids is 2. The number of anilines is 1. The van der Waals surface area contributed by atoms with E-state index >= 15 is 0 Å². The molecule has 0 atom stereocenters. The zero-order valence-electron chi connectivity index (χ0n) is 14.8. The maximum absolute atomic E-state index is 12.4. The molecule has 0 aliphatic rings. The Morgan fingerprint density at radius 3 is 2.44 bits per heavy atom. The number of rotatable bonds is 7. The van der Waals surface area contributed by atoms with E-state index in [0.717, 1.165) is 11.1 Å². The molecule has 0 aliphatic carbocycles. The Hall–Kier alpha value is -3.60. The number of hydrogen-bond donors (Lipinski definition) is 1. The molecule has 0 bridgehead atoms. The summed E-state index contributed by atoms with van der Waals surface area (Å²) >= 11 is 0. The first-order chi connectivity index (χ1) is 13.2. The molecule has 0 aromatic heterocycles. The average molecular weight is 361 g/mol. The van der Waals surface area contributed by atoms with E-state index in [9.17, 15) is 9.59 Å². The van der Waals surface area contributed by atoms with Gasteiger partial charge in [0.2, 0.25) is 0 Å². The maximum atomic E-state index is 12.4. The van der Waals surface area contributed by atoms with Gasteiger partial charge in [-0.3, -0.25) is 9.59 Å². The van der Waals surface area contributed by atoms with Crippen molar-refractivity contribution >= 4 is 17.9 Å². The summed E-state index contributed by atoms with van der Waals surface area (Å²) in [4.78, 5) is 23.3. The zero-order valence-corrected chi connectivity index (χ0v) is 14.8. The number of carbonyl (C=O) groups is 2. The van der Waals surface area contributed by atoms with E-state index in [1.54, 1.807) is 12.1 Å². The van der Waals surface area contributed by atoms with Crippen molar-refractivity contribution in [2.45, 2.75) is 0 Å². The molecule has 5 nitrogen and oxygen atoms in total. The zero-order chi connectivity index (χ0) is 19.1. The molecule has 3 aromatic carbocycles. The van der Waals surface area contributed by atoms with Crippen LogP contribution < -0.4 is 14.8 Å². The first kappa shape index (κ1) is 18.2. The lowest BCUT2D eigenvalue weighted by atomic mass is 10.0. The Bertz CT molecular complexity index is 938. The molecule has 1 N–H and O–H groups in total. The molecule has 0 saturated heterocycles. The third-order valence-electron chi connectivity index (χ3n) is 3.97. The smallest absolute Gasteiger partial charge is 0.262 e. The molecule has 0 saturated carbocycles. The quantitative estimate of drug-likeness (QED) is 0.641. The summed E-state index contributed by atoms with van der Waals surface area (Å²) in [6, 6.07) is 22.2. The van der Waals surface area contributed by atoms with Gasteiger partial charge in [0.25, 0.3) is 5.91 Å². The third-order valence-corrected chi connectivity index (χ3v) is 3.97. The predicted molar refractivity (Wildman–Crippen MR) is 104 cm³/mol. The number of nitrogens with one attached hydrogen (secondary N) is 1. The molecule has 0 aliphatic heterocycles. The second-order valence-corrected chi connectivity index (χ2v) is 5.78. The van der Waals surface area contributed by atoms with Crippen LogP contribution in [0.3, 0.4) is 0 Å². The van der Waals surface area contributed by atoms with Crippen molar-refractivity contribution in [2.75, 3.05) is 19.0 Å². The van der Waals surface area contributed by atoms with Crippen molar-refractivity contribution < 1.29 is 19.1 Å². The number of amides is 1. The Labute approximate surface area is 157 Å². The highest BCUT2D eigenvalue weighted by Gasteiger charge is 2.11. The lowest BCUT2D eigenvalue weighted by Gasteiger charge is -2.13. The fourth-order valence-electron chi connectivity index (χ4n) is 2.67. The van der Waals surface area contributed by atoms with Crippen LogP contribution in [-0.2, 0) is 4.79 Å². The number of para-hydroxylation sites is 1. The molecule has 27 heavy (non-hydrogen) atoms. The molecule has 1 amide bonds. The average Bonchev–Trinajstić information content (AvgIpc) is 2.73. The molecule has 0 heterocycles. The van der Waals surface area contributed by atoms with Gasteiger partial charge >= 0.3 is 0 Å². The van der Waals surface area contributed by atoms with Crippen LogP contribution in [0.1, 0.15) is 10.4 Å². The van der Waals surface area contributed by atoms with Crippen LogP contribution in [0.15, 0.2) is 72.8 Å². The Morgan fingerprint density at radius 2 is 1.70 bits per heavy atom. The van der Waals surface area contributed by atoms with Gasteiger partial charge in [0.05, 0.1) is 7.11 Å². The van der Waals surface area contributed by atoms with Crippen LogP contribution in [0.4, 0.5) is 5.69 Å². The van der Waals surface area contributed by atoms with Crippen molar-refractivity contribution in [3.63, 3.8) is 0 Å². The van der Waals surface area contributed by atoms with Gasteiger partial charge in [0.1, 0.15) is 6.29 Å². The number of benzene rings is 3. The van der Waals surface area contributed by atoms with Crippen LogP contribution in [0.25, 0.3) is 11.1 Å². The van der Waals surface area contributed by atoms with Crippen LogP contribution >= 0.6 is 0 Å². The molecule has 5 heteroatoms. The summed E-state index contributed by atoms with van der Waals surface area (Å²) in [6.45, 7) is -0.207. The normalized spacial score (nSPS) is 10.1. The van der Waals surface area contributed by atoms with Gasteiger partial charge < -0.3 is 14.8 Å². The van der Waals surface area contributed by atoms with Crippen LogP contribution in [0.5, 0.6) is 11.5 Å². The second kappa shape index (κ2) is 8.67. The van der Waals surface area contributed by atoms with Gasteiger partial charge in [-0.15, -0.1) is 0 Å². The van der Waals surface area contributed by atoms with E-state index in [-0.39, 0.29) is 12.5 Å². The molecule has 0 radical (unpaired) electrons. The lowest BCUT2D eigenvalue weighted by molar-refractivity contribution is -0.118. The van der Waals surface area contributed by atoms with E-state index in [4.69, 9.17) is 9.47 Å². The summed E-state index contributed by atoms with van der Waals surface area (Å²) in [7, 11) is 1.50. The number of methoxy groups -OCH3 is 1. The van der Waals surface area contributed by atoms with E-state index in [2.05, 4.69) is 5.32 Å². The van der Waals surface area contributed by atoms with Gasteiger partial charge in [-0.05, 0) is 29.8 Å². The summed E-state index contributed by atoms with van der Waals surface area (Å²) < 4.78 is 10.8. The highest BCUT2D eigenvalue weighted by molar-refractivity contribution is 5.96. The minimum Gasteiger partial charge on any atom is -0.493 e. The minimum atomic E-state index is -0.308. The molecule has 0 fully saturated rings. The number of ether oxygens (including phenoxy) is 2. The molecule has 3 rings (SSSR count). The van der Waals surface area contributed by atoms with Crippen molar-refractivity contribution in [2.24, 2.45) is 0 Å². The van der Waals surface area contributed by atoms with Gasteiger partial charge in [-0.1, -0.05) is 48.5 Å². The lowest BCUT2D eigenvalue weighted by Crippen LogP contribution is -2.20. The SMILES string of the molecule is COc1ccc(C=O)cc1OCC(=O)Nc1ccccc1-c1ccccc1. The topological polar surface area (TPSA) is 64.6 Å². The van der Waals surface area contributed by atoms with Crippen molar-refractivity contribution in [3.05, 3.63) is 78.4 Å². The Kier molecular flexibility index (Phi) is 5.84. The van der Waals surface area contributed by atoms with E-state index in [1.807, 2.05) is 54.6 Å². The number of aldehydes is 1. The standard InChI is InChI=1S/C22H19NO4/c1-26-20-12-11-16(14-24)13-21(20)27-15-22(25)23-19-10-6-5-9-18(19)17-7-3-2-4-8-17/h2-14H,15H2,1H3,(H,23,25). The van der Waals surface area contributed by atoms with Gasteiger partial charge in [0.15, 0.2) is 18.1 Å². The van der Waals surface area contributed by atoms with Crippen LogP contribution in [-0.4, -0.2) is 25.9 Å². The van der Waals surface area contributed by atoms with E-state index < -0.39 is 0 Å². The van der Waals surface area contributed by atoms with Crippen LogP contribution in [0.2, 0.25) is 0 Å². The Balaban J connectivity index is 1.72. The van der Waals surface area contributed by atoms with Gasteiger partial charge in [-0.2, -0.15) is 0 Å². The summed E-state index contributed by atoms with van der Waals surface area (Å²) in [5, 5.41) is 2.87. The van der Waals surface area contributed by atoms with E-state index in [0.29, 0.717) is 29.0 Å². The number of hydrogen-bond acceptors (Lipinski definition) is 4. The van der Waals surface area contributed by atoms with Gasteiger partial charge in [-0.25, -0.2) is 0 Å². The van der Waals surface area contributed by atoms with Crippen molar-refractivity contribution in [1.29, 1.82) is 0 Å². The summed E-state index contributed by atoms with van der Waals surface area (Å²) in [5.41, 5.74) is 3.08. The molecule has 136 valence electrons. The third kappa shape index (κ3) is 4.52. The highest BCUT2D eigenvalue weighted by Crippen LogP contribution is 2.29. The Morgan fingerprint density at radius 1 is 0.963 bits per heavy atom. The van der Waals surface area contributed by atoms with Gasteiger partial charge in [0, 0.05) is 16.8 Å². The highest BCUT2D eigenvalue weighted by atomic mass is 16.5. The maximum Gasteiger partial charge on any atom is 0.262 e. The fraction of sp³-hybridized carbons (Fsp3) is 0.0909. The monoisotopic (exact) mass is 361 g/mol.